The van der Waals surface area contributed by atoms with E-state index in [1.54, 1.807) is 6.07 Å². The Kier molecular flexibility index (Phi) is 6.11. The second-order valence-corrected chi connectivity index (χ2v) is 8.17. The van der Waals surface area contributed by atoms with Crippen LogP contribution in [-0.4, -0.2) is 37.4 Å². The van der Waals surface area contributed by atoms with Crippen molar-refractivity contribution in [3.05, 3.63) is 65.7 Å². The number of nitrogens with one attached hydrogen (secondary N) is 1. The summed E-state index contributed by atoms with van der Waals surface area (Å²) in [5, 5.41) is 3.41. The van der Waals surface area contributed by atoms with Crippen LogP contribution in [0.2, 0.25) is 0 Å². The van der Waals surface area contributed by atoms with Crippen molar-refractivity contribution in [1.82, 2.24) is 10.2 Å². The minimum absolute atomic E-state index is 0.161. The van der Waals surface area contributed by atoms with E-state index in [9.17, 15) is 13.2 Å². The minimum Gasteiger partial charge on any atom is -0.406 e. The minimum atomic E-state index is -4.65. The van der Waals surface area contributed by atoms with Crippen molar-refractivity contribution >= 4 is 0 Å². The highest BCUT2D eigenvalue weighted by Crippen LogP contribution is 2.51. The zero-order valence-electron chi connectivity index (χ0n) is 16.4. The SMILES string of the molecule is FC(F)(F)Oc1cccc(CNCC2C3CN(CCCc4ccccc4)CC23)c1. The lowest BCUT2D eigenvalue weighted by molar-refractivity contribution is -0.274. The van der Waals surface area contributed by atoms with Crippen LogP contribution in [0.25, 0.3) is 0 Å². The molecule has 0 aromatic heterocycles. The molecule has 2 atom stereocenters. The molecule has 29 heavy (non-hydrogen) atoms. The molecule has 1 saturated carbocycles. The van der Waals surface area contributed by atoms with Gasteiger partial charge in [-0.15, -0.1) is 13.2 Å². The van der Waals surface area contributed by atoms with Crippen molar-refractivity contribution in [1.29, 1.82) is 0 Å². The molecular formula is C23H27F3N2O. The van der Waals surface area contributed by atoms with E-state index in [4.69, 9.17) is 0 Å². The van der Waals surface area contributed by atoms with Crippen LogP contribution in [0.3, 0.4) is 0 Å². The van der Waals surface area contributed by atoms with Crippen molar-refractivity contribution in [2.75, 3.05) is 26.2 Å². The van der Waals surface area contributed by atoms with Gasteiger partial charge in [-0.3, -0.25) is 0 Å². The molecule has 156 valence electrons. The van der Waals surface area contributed by atoms with Gasteiger partial charge in [0.05, 0.1) is 0 Å². The highest BCUT2D eigenvalue weighted by atomic mass is 19.4. The Labute approximate surface area is 169 Å². The van der Waals surface area contributed by atoms with Gasteiger partial charge >= 0.3 is 6.36 Å². The maximum absolute atomic E-state index is 12.3. The predicted molar refractivity (Wildman–Crippen MR) is 107 cm³/mol. The number of aryl methyl sites for hydroxylation is 1. The third-order valence-electron chi connectivity index (χ3n) is 6.07. The molecule has 1 aliphatic heterocycles. The predicted octanol–water partition coefficient (Wildman–Crippen LogP) is 4.49. The Morgan fingerprint density at radius 3 is 2.41 bits per heavy atom. The zero-order chi connectivity index (χ0) is 20.3. The van der Waals surface area contributed by atoms with Gasteiger partial charge < -0.3 is 15.0 Å². The maximum atomic E-state index is 12.3. The van der Waals surface area contributed by atoms with E-state index in [1.807, 2.05) is 6.07 Å². The molecule has 0 amide bonds. The van der Waals surface area contributed by atoms with Crippen molar-refractivity contribution in [2.24, 2.45) is 17.8 Å². The maximum Gasteiger partial charge on any atom is 0.573 e. The van der Waals surface area contributed by atoms with Gasteiger partial charge in [0.2, 0.25) is 0 Å². The first-order chi connectivity index (χ1) is 14.0. The molecule has 1 aliphatic carbocycles. The Bertz CT molecular complexity index is 784. The number of benzene rings is 2. The molecule has 0 bridgehead atoms. The summed E-state index contributed by atoms with van der Waals surface area (Å²) in [6.07, 6.45) is -2.32. The number of fused-ring (bicyclic) bond motifs is 1. The highest BCUT2D eigenvalue weighted by Gasteiger charge is 2.54. The van der Waals surface area contributed by atoms with Crippen molar-refractivity contribution in [3.63, 3.8) is 0 Å². The molecule has 0 radical (unpaired) electrons. The molecule has 2 fully saturated rings. The fraction of sp³-hybridized carbons (Fsp3) is 0.478. The average molecular weight is 404 g/mol. The van der Waals surface area contributed by atoms with Gasteiger partial charge in [-0.1, -0.05) is 42.5 Å². The largest absolute Gasteiger partial charge is 0.573 e. The first-order valence-electron chi connectivity index (χ1n) is 10.3. The lowest BCUT2D eigenvalue weighted by Gasteiger charge is -2.19. The van der Waals surface area contributed by atoms with Crippen LogP contribution in [0, 0.1) is 17.8 Å². The number of halogens is 3. The summed E-state index contributed by atoms with van der Waals surface area (Å²) in [6, 6.07) is 16.8. The first kappa shape index (κ1) is 20.2. The molecule has 2 aliphatic rings. The van der Waals surface area contributed by atoms with Gasteiger partial charge in [0.25, 0.3) is 0 Å². The lowest BCUT2D eigenvalue weighted by atomic mass is 10.1. The number of piperidine rings is 1. The molecule has 2 aromatic rings. The van der Waals surface area contributed by atoms with Gasteiger partial charge in [-0.05, 0) is 66.9 Å². The molecule has 0 spiro atoms. The molecule has 1 N–H and O–H groups in total. The smallest absolute Gasteiger partial charge is 0.406 e. The number of ether oxygens (including phenoxy) is 1. The third-order valence-corrected chi connectivity index (χ3v) is 6.07. The molecular weight excluding hydrogens is 377 g/mol. The molecule has 6 heteroatoms. The van der Waals surface area contributed by atoms with Crippen LogP contribution in [0.15, 0.2) is 54.6 Å². The summed E-state index contributed by atoms with van der Waals surface area (Å²) in [6.45, 7) is 5.01. The summed E-state index contributed by atoms with van der Waals surface area (Å²) < 4.78 is 41.0. The lowest BCUT2D eigenvalue weighted by Crippen LogP contribution is -2.28. The van der Waals surface area contributed by atoms with E-state index in [-0.39, 0.29) is 5.75 Å². The van der Waals surface area contributed by atoms with Gasteiger partial charge in [-0.25, -0.2) is 0 Å². The molecule has 2 unspecified atom stereocenters. The summed E-state index contributed by atoms with van der Waals surface area (Å²) in [5.74, 6) is 2.10. The van der Waals surface area contributed by atoms with E-state index in [0.717, 1.165) is 36.9 Å². The van der Waals surface area contributed by atoms with Crippen molar-refractivity contribution in [3.8, 4) is 5.75 Å². The van der Waals surface area contributed by atoms with Gasteiger partial charge in [0, 0.05) is 19.6 Å². The second kappa shape index (κ2) is 8.76. The normalized spacial score (nSPS) is 23.8. The first-order valence-corrected chi connectivity index (χ1v) is 10.3. The van der Waals surface area contributed by atoms with E-state index in [2.05, 4.69) is 45.3 Å². The standard InChI is InChI=1S/C23H27F3N2O/c24-23(25,26)29-19-10-4-8-18(12-19)13-27-14-20-21-15-28(16-22(20)21)11-5-9-17-6-2-1-3-7-17/h1-4,6-8,10,12,20-22,27H,5,9,11,13-16H2. The number of alkyl halides is 3. The summed E-state index contributed by atoms with van der Waals surface area (Å²) in [5.41, 5.74) is 2.21. The molecule has 1 heterocycles. The summed E-state index contributed by atoms with van der Waals surface area (Å²) >= 11 is 0. The monoisotopic (exact) mass is 404 g/mol. The zero-order valence-corrected chi connectivity index (χ0v) is 16.4. The number of likely N-dealkylation sites (tertiary alicyclic amines) is 1. The quantitative estimate of drug-likeness (QED) is 0.667. The molecule has 3 nitrogen and oxygen atoms in total. The summed E-state index contributed by atoms with van der Waals surface area (Å²) in [4.78, 5) is 2.58. The van der Waals surface area contributed by atoms with E-state index in [0.29, 0.717) is 12.5 Å². The van der Waals surface area contributed by atoms with Crippen molar-refractivity contribution in [2.45, 2.75) is 25.7 Å². The highest BCUT2D eigenvalue weighted by molar-refractivity contribution is 5.28. The Morgan fingerprint density at radius 2 is 1.69 bits per heavy atom. The molecule has 1 saturated heterocycles. The topological polar surface area (TPSA) is 24.5 Å². The Balaban J connectivity index is 1.12. The van der Waals surface area contributed by atoms with Crippen LogP contribution in [0.4, 0.5) is 13.2 Å². The average Bonchev–Trinajstić information content (AvgIpc) is 3.12. The van der Waals surface area contributed by atoms with Crippen LogP contribution in [0.1, 0.15) is 17.5 Å². The van der Waals surface area contributed by atoms with Gasteiger partial charge in [0.15, 0.2) is 0 Å². The van der Waals surface area contributed by atoms with Crippen LogP contribution in [0.5, 0.6) is 5.75 Å². The Morgan fingerprint density at radius 1 is 0.966 bits per heavy atom. The number of hydrogen-bond donors (Lipinski definition) is 1. The fourth-order valence-corrected chi connectivity index (χ4v) is 4.61. The molecule has 4 rings (SSSR count). The van der Waals surface area contributed by atoms with Gasteiger partial charge in [-0.2, -0.15) is 0 Å². The third kappa shape index (κ3) is 5.73. The van der Waals surface area contributed by atoms with Crippen LogP contribution in [-0.2, 0) is 13.0 Å². The number of nitrogens with zero attached hydrogens (tertiary/aromatic N) is 1. The Hall–Kier alpha value is -2.05. The van der Waals surface area contributed by atoms with Crippen molar-refractivity contribution < 1.29 is 17.9 Å². The second-order valence-electron chi connectivity index (χ2n) is 8.17. The van der Waals surface area contributed by atoms with Crippen LogP contribution >= 0.6 is 0 Å². The van der Waals surface area contributed by atoms with E-state index < -0.39 is 6.36 Å². The number of rotatable bonds is 9. The van der Waals surface area contributed by atoms with Gasteiger partial charge in [0.1, 0.15) is 5.75 Å². The molecule has 2 aromatic carbocycles. The fourth-order valence-electron chi connectivity index (χ4n) is 4.61. The summed E-state index contributed by atoms with van der Waals surface area (Å²) in [7, 11) is 0. The van der Waals surface area contributed by atoms with E-state index >= 15 is 0 Å². The van der Waals surface area contributed by atoms with E-state index in [1.165, 1.54) is 37.2 Å². The van der Waals surface area contributed by atoms with Crippen LogP contribution < -0.4 is 10.1 Å². The number of hydrogen-bond acceptors (Lipinski definition) is 3.